The van der Waals surface area contributed by atoms with Crippen LogP contribution >= 0.6 is 11.8 Å². The van der Waals surface area contributed by atoms with Gasteiger partial charge in [0.05, 0.1) is 4.90 Å². The van der Waals surface area contributed by atoms with E-state index in [4.69, 9.17) is 0 Å². The molecule has 0 atom stereocenters. The van der Waals surface area contributed by atoms with Crippen molar-refractivity contribution in [2.45, 2.75) is 17.6 Å². The van der Waals surface area contributed by atoms with Gasteiger partial charge < -0.3 is 0 Å². The lowest BCUT2D eigenvalue weighted by atomic mass is 10.2. The Labute approximate surface area is 135 Å². The Kier molecular flexibility index (Phi) is 5.99. The topological polar surface area (TPSA) is 46.2 Å². The molecule has 6 heteroatoms. The lowest BCUT2D eigenvalue weighted by molar-refractivity contribution is 0.583. The first-order valence-electron chi connectivity index (χ1n) is 6.86. The van der Waals surface area contributed by atoms with Crippen LogP contribution in [0.2, 0.25) is 0 Å². The number of halogens is 1. The molecule has 22 heavy (non-hydrogen) atoms. The van der Waals surface area contributed by atoms with Crippen LogP contribution in [0.15, 0.2) is 53.4 Å². The zero-order valence-electron chi connectivity index (χ0n) is 12.3. The van der Waals surface area contributed by atoms with Crippen molar-refractivity contribution in [2.75, 3.05) is 12.3 Å². The van der Waals surface area contributed by atoms with Crippen LogP contribution < -0.4 is 4.72 Å². The molecular weight excluding hydrogens is 321 g/mol. The van der Waals surface area contributed by atoms with Crippen LogP contribution in [-0.2, 0) is 15.8 Å². The predicted molar refractivity (Wildman–Crippen MR) is 88.9 cm³/mol. The van der Waals surface area contributed by atoms with Crippen LogP contribution in [0.1, 0.15) is 11.1 Å². The third-order valence-corrected chi connectivity index (χ3v) is 5.56. The van der Waals surface area contributed by atoms with Gasteiger partial charge in [-0.3, -0.25) is 0 Å². The van der Waals surface area contributed by atoms with Gasteiger partial charge in [-0.05, 0) is 36.8 Å². The molecule has 2 aromatic rings. The Morgan fingerprint density at radius 2 is 1.68 bits per heavy atom. The quantitative estimate of drug-likeness (QED) is 0.787. The average Bonchev–Trinajstić information content (AvgIpc) is 2.49. The Balaban J connectivity index is 1.76. The SMILES string of the molecule is Cc1ccc(CSCCNS(=O)(=O)c2ccc(F)cc2)cc1. The molecule has 0 aliphatic rings. The summed E-state index contributed by atoms with van der Waals surface area (Å²) in [7, 11) is -3.56. The second-order valence-electron chi connectivity index (χ2n) is 4.89. The predicted octanol–water partition coefficient (Wildman–Crippen LogP) is 3.35. The largest absolute Gasteiger partial charge is 0.240 e. The number of thioether (sulfide) groups is 1. The number of aryl methyl sites for hydroxylation is 1. The molecule has 0 heterocycles. The second-order valence-corrected chi connectivity index (χ2v) is 7.76. The van der Waals surface area contributed by atoms with E-state index in [1.165, 1.54) is 23.3 Å². The van der Waals surface area contributed by atoms with Crippen LogP contribution in [0, 0.1) is 12.7 Å². The van der Waals surface area contributed by atoms with Crippen LogP contribution in [0.5, 0.6) is 0 Å². The molecule has 1 N–H and O–H groups in total. The van der Waals surface area contributed by atoms with Crippen molar-refractivity contribution in [3.63, 3.8) is 0 Å². The fourth-order valence-corrected chi connectivity index (χ4v) is 3.80. The van der Waals surface area contributed by atoms with Crippen LogP contribution in [0.4, 0.5) is 4.39 Å². The van der Waals surface area contributed by atoms with E-state index in [0.29, 0.717) is 12.3 Å². The van der Waals surface area contributed by atoms with Crippen molar-refractivity contribution in [1.29, 1.82) is 0 Å². The normalized spacial score (nSPS) is 11.5. The first kappa shape index (κ1) is 17.0. The van der Waals surface area contributed by atoms with Gasteiger partial charge in [-0.1, -0.05) is 29.8 Å². The van der Waals surface area contributed by atoms with Crippen molar-refractivity contribution in [2.24, 2.45) is 0 Å². The van der Waals surface area contributed by atoms with Gasteiger partial charge >= 0.3 is 0 Å². The highest BCUT2D eigenvalue weighted by atomic mass is 32.2. The van der Waals surface area contributed by atoms with E-state index in [2.05, 4.69) is 29.0 Å². The summed E-state index contributed by atoms with van der Waals surface area (Å²) in [5.74, 6) is 1.07. The maximum Gasteiger partial charge on any atom is 0.240 e. The Morgan fingerprint density at radius 3 is 2.32 bits per heavy atom. The monoisotopic (exact) mass is 339 g/mol. The first-order valence-corrected chi connectivity index (χ1v) is 9.50. The van der Waals surface area contributed by atoms with Gasteiger partial charge in [-0.2, -0.15) is 11.8 Å². The zero-order valence-corrected chi connectivity index (χ0v) is 13.9. The van der Waals surface area contributed by atoms with Gasteiger partial charge in [0.15, 0.2) is 0 Å². The average molecular weight is 339 g/mol. The summed E-state index contributed by atoms with van der Waals surface area (Å²) in [4.78, 5) is 0.0810. The summed E-state index contributed by atoms with van der Waals surface area (Å²) in [6, 6.07) is 13.1. The molecule has 0 saturated heterocycles. The van der Waals surface area contributed by atoms with E-state index in [9.17, 15) is 12.8 Å². The number of nitrogens with one attached hydrogen (secondary N) is 1. The summed E-state index contributed by atoms with van der Waals surface area (Å²) in [6.07, 6.45) is 0. The number of hydrogen-bond donors (Lipinski definition) is 1. The maximum atomic E-state index is 12.8. The minimum absolute atomic E-state index is 0.0810. The molecule has 2 rings (SSSR count). The van der Waals surface area contributed by atoms with E-state index in [0.717, 1.165) is 17.9 Å². The first-order chi connectivity index (χ1) is 10.5. The molecule has 118 valence electrons. The number of hydrogen-bond acceptors (Lipinski definition) is 3. The second kappa shape index (κ2) is 7.76. The standard InChI is InChI=1S/C16H18FNO2S2/c1-13-2-4-14(5-3-13)12-21-11-10-18-22(19,20)16-8-6-15(17)7-9-16/h2-9,18H,10-12H2,1H3. The highest BCUT2D eigenvalue weighted by molar-refractivity contribution is 7.98. The molecule has 2 aromatic carbocycles. The molecule has 0 unspecified atom stereocenters. The van der Waals surface area contributed by atoms with Gasteiger partial charge in [0.2, 0.25) is 10.0 Å². The third kappa shape index (κ3) is 5.12. The number of benzene rings is 2. The van der Waals surface area contributed by atoms with Gasteiger partial charge in [-0.15, -0.1) is 0 Å². The summed E-state index contributed by atoms with van der Waals surface area (Å²) in [5.41, 5.74) is 2.44. The summed E-state index contributed by atoms with van der Waals surface area (Å²) in [5, 5.41) is 0. The highest BCUT2D eigenvalue weighted by Gasteiger charge is 2.12. The van der Waals surface area contributed by atoms with Crippen molar-refractivity contribution < 1.29 is 12.8 Å². The lowest BCUT2D eigenvalue weighted by Gasteiger charge is -2.07. The van der Waals surface area contributed by atoms with E-state index >= 15 is 0 Å². The molecule has 0 spiro atoms. The molecule has 0 radical (unpaired) electrons. The fourth-order valence-electron chi connectivity index (χ4n) is 1.82. The Hall–Kier alpha value is -1.37. The molecule has 0 saturated carbocycles. The molecule has 0 bridgehead atoms. The minimum atomic E-state index is -3.56. The van der Waals surface area contributed by atoms with Crippen LogP contribution in [0.3, 0.4) is 0 Å². The summed E-state index contributed by atoms with van der Waals surface area (Å²) < 4.78 is 39.3. The smallest absolute Gasteiger partial charge is 0.210 e. The molecular formula is C16H18FNO2S2. The van der Waals surface area contributed by atoms with Crippen molar-refractivity contribution in [3.8, 4) is 0 Å². The van der Waals surface area contributed by atoms with Crippen molar-refractivity contribution in [3.05, 3.63) is 65.5 Å². The van der Waals surface area contributed by atoms with E-state index in [1.807, 2.05) is 6.92 Å². The summed E-state index contributed by atoms with van der Waals surface area (Å²) >= 11 is 1.66. The molecule has 0 amide bonds. The van der Waals surface area contributed by atoms with E-state index < -0.39 is 15.8 Å². The van der Waals surface area contributed by atoms with Gasteiger partial charge in [0, 0.05) is 18.1 Å². The molecule has 0 aromatic heterocycles. The molecule has 3 nitrogen and oxygen atoms in total. The van der Waals surface area contributed by atoms with E-state index in [-0.39, 0.29) is 4.90 Å². The molecule has 0 aliphatic carbocycles. The minimum Gasteiger partial charge on any atom is -0.210 e. The van der Waals surface area contributed by atoms with Crippen molar-refractivity contribution in [1.82, 2.24) is 4.72 Å². The van der Waals surface area contributed by atoms with E-state index in [1.54, 1.807) is 11.8 Å². The van der Waals surface area contributed by atoms with Gasteiger partial charge in [-0.25, -0.2) is 17.5 Å². The fraction of sp³-hybridized carbons (Fsp3) is 0.250. The summed E-state index contributed by atoms with van der Waals surface area (Å²) in [6.45, 7) is 2.39. The number of sulfonamides is 1. The highest BCUT2D eigenvalue weighted by Crippen LogP contribution is 2.13. The Morgan fingerprint density at radius 1 is 1.05 bits per heavy atom. The number of rotatable bonds is 7. The lowest BCUT2D eigenvalue weighted by Crippen LogP contribution is -2.26. The maximum absolute atomic E-state index is 12.8. The molecule has 0 aliphatic heterocycles. The molecule has 0 fully saturated rings. The van der Waals surface area contributed by atoms with Crippen LogP contribution in [-0.4, -0.2) is 20.7 Å². The third-order valence-electron chi connectivity index (χ3n) is 3.05. The Bertz CT molecular complexity index is 698. The zero-order chi connectivity index (χ0) is 16.0. The van der Waals surface area contributed by atoms with Gasteiger partial charge in [0.1, 0.15) is 5.82 Å². The van der Waals surface area contributed by atoms with Crippen molar-refractivity contribution >= 4 is 21.8 Å². The van der Waals surface area contributed by atoms with Crippen LogP contribution in [0.25, 0.3) is 0 Å². The van der Waals surface area contributed by atoms with Gasteiger partial charge in [0.25, 0.3) is 0 Å².